The van der Waals surface area contributed by atoms with Crippen molar-refractivity contribution in [3.63, 3.8) is 0 Å². The zero-order chi connectivity index (χ0) is 19.0. The molecule has 1 saturated heterocycles. The summed E-state index contributed by atoms with van der Waals surface area (Å²) in [6.45, 7) is 3.37. The normalized spacial score (nSPS) is 15.4. The van der Waals surface area contributed by atoms with E-state index in [0.717, 1.165) is 36.3 Å². The van der Waals surface area contributed by atoms with Gasteiger partial charge < -0.3 is 9.64 Å². The number of methoxy groups -OCH3 is 1. The standard InChI is InChI=1S/C18H23N7O2/c1-4-14-21-16(23-22-14)11-5-7-25(8-6-11)18(26)13-9-19-17-12(15(13)27-3)10-20-24(17)2/h9-11H,4-8H2,1-3H3,(H,21,22,23). The van der Waals surface area contributed by atoms with Crippen LogP contribution in [0.5, 0.6) is 5.75 Å². The van der Waals surface area contributed by atoms with Crippen LogP contribution in [0.1, 0.15) is 47.7 Å². The number of hydrogen-bond acceptors (Lipinski definition) is 6. The molecule has 0 aliphatic carbocycles. The van der Waals surface area contributed by atoms with Gasteiger partial charge in [0.05, 0.1) is 18.7 Å². The fourth-order valence-electron chi connectivity index (χ4n) is 3.61. The maximum atomic E-state index is 13.1. The number of rotatable bonds is 4. The van der Waals surface area contributed by atoms with Gasteiger partial charge >= 0.3 is 0 Å². The van der Waals surface area contributed by atoms with Crippen LogP contribution < -0.4 is 4.74 Å². The quantitative estimate of drug-likeness (QED) is 0.751. The molecule has 0 unspecified atom stereocenters. The van der Waals surface area contributed by atoms with Gasteiger partial charge in [-0.25, -0.2) is 9.97 Å². The molecular weight excluding hydrogens is 346 g/mol. The van der Waals surface area contributed by atoms with E-state index in [1.807, 2.05) is 18.9 Å². The van der Waals surface area contributed by atoms with Gasteiger partial charge in [0.2, 0.25) is 0 Å². The van der Waals surface area contributed by atoms with E-state index in [9.17, 15) is 4.79 Å². The second kappa shape index (κ2) is 6.98. The van der Waals surface area contributed by atoms with Crippen LogP contribution in [0.25, 0.3) is 11.0 Å². The van der Waals surface area contributed by atoms with Crippen molar-refractivity contribution in [2.75, 3.05) is 20.2 Å². The Bertz CT molecular complexity index is 969. The summed E-state index contributed by atoms with van der Waals surface area (Å²) in [6.07, 6.45) is 5.79. The Kier molecular flexibility index (Phi) is 4.51. The van der Waals surface area contributed by atoms with Crippen molar-refractivity contribution in [3.05, 3.63) is 29.6 Å². The molecule has 9 heteroatoms. The number of nitrogens with one attached hydrogen (secondary N) is 1. The van der Waals surface area contributed by atoms with E-state index in [1.165, 1.54) is 0 Å². The Balaban J connectivity index is 1.52. The fourth-order valence-corrected chi connectivity index (χ4v) is 3.61. The first-order chi connectivity index (χ1) is 13.1. The summed E-state index contributed by atoms with van der Waals surface area (Å²) >= 11 is 0. The highest BCUT2D eigenvalue weighted by Gasteiger charge is 2.29. The van der Waals surface area contributed by atoms with Gasteiger partial charge in [-0.3, -0.25) is 14.6 Å². The number of carbonyl (C=O) groups is 1. The largest absolute Gasteiger partial charge is 0.495 e. The van der Waals surface area contributed by atoms with Crippen molar-refractivity contribution in [2.24, 2.45) is 7.05 Å². The van der Waals surface area contributed by atoms with E-state index in [1.54, 1.807) is 24.2 Å². The summed E-state index contributed by atoms with van der Waals surface area (Å²) in [5.41, 5.74) is 1.17. The van der Waals surface area contributed by atoms with Crippen molar-refractivity contribution in [1.82, 2.24) is 34.8 Å². The number of likely N-dealkylation sites (tertiary alicyclic amines) is 1. The van der Waals surface area contributed by atoms with Crippen LogP contribution >= 0.6 is 0 Å². The lowest BCUT2D eigenvalue weighted by atomic mass is 9.95. The maximum absolute atomic E-state index is 13.1. The van der Waals surface area contributed by atoms with Crippen molar-refractivity contribution >= 4 is 16.9 Å². The minimum absolute atomic E-state index is 0.0622. The number of pyridine rings is 1. The van der Waals surface area contributed by atoms with Crippen LogP contribution in [0.4, 0.5) is 0 Å². The third-order valence-corrected chi connectivity index (χ3v) is 5.18. The van der Waals surface area contributed by atoms with E-state index in [2.05, 4.69) is 25.3 Å². The molecule has 9 nitrogen and oxygen atoms in total. The highest BCUT2D eigenvalue weighted by molar-refractivity contribution is 6.01. The van der Waals surface area contributed by atoms with Crippen LogP contribution in [-0.2, 0) is 13.5 Å². The molecule has 142 valence electrons. The van der Waals surface area contributed by atoms with Crippen molar-refractivity contribution in [1.29, 1.82) is 0 Å². The molecule has 0 atom stereocenters. The Morgan fingerprint density at radius 1 is 1.33 bits per heavy atom. The molecule has 3 aromatic heterocycles. The van der Waals surface area contributed by atoms with Crippen LogP contribution in [-0.4, -0.2) is 61.0 Å². The van der Waals surface area contributed by atoms with Gasteiger partial charge in [-0.15, -0.1) is 0 Å². The first-order valence-electron chi connectivity index (χ1n) is 9.17. The second-order valence-electron chi connectivity index (χ2n) is 6.77. The molecule has 0 aromatic carbocycles. The SMILES string of the molecule is CCc1nc(C2CCN(C(=O)c3cnc4c(cnn4C)c3OC)CC2)n[nH]1. The predicted octanol–water partition coefficient (Wildman–Crippen LogP) is 1.68. The number of fused-ring (bicyclic) bond motifs is 1. The molecule has 0 saturated carbocycles. The van der Waals surface area contributed by atoms with Gasteiger partial charge in [-0.2, -0.15) is 10.2 Å². The fraction of sp³-hybridized carbons (Fsp3) is 0.500. The lowest BCUT2D eigenvalue weighted by Gasteiger charge is -2.31. The summed E-state index contributed by atoms with van der Waals surface area (Å²) in [5, 5.41) is 12.2. The van der Waals surface area contributed by atoms with Crippen molar-refractivity contribution in [3.8, 4) is 5.75 Å². The van der Waals surface area contributed by atoms with E-state index in [4.69, 9.17) is 4.74 Å². The summed E-state index contributed by atoms with van der Waals surface area (Å²) in [6, 6.07) is 0. The van der Waals surface area contributed by atoms with Crippen LogP contribution in [0.2, 0.25) is 0 Å². The Morgan fingerprint density at radius 2 is 2.11 bits per heavy atom. The number of hydrogen-bond donors (Lipinski definition) is 1. The first-order valence-corrected chi connectivity index (χ1v) is 9.17. The van der Waals surface area contributed by atoms with E-state index < -0.39 is 0 Å². The zero-order valence-corrected chi connectivity index (χ0v) is 15.8. The summed E-state index contributed by atoms with van der Waals surface area (Å²) in [7, 11) is 3.38. The third-order valence-electron chi connectivity index (χ3n) is 5.18. The number of ether oxygens (including phenoxy) is 1. The molecule has 1 aliphatic rings. The van der Waals surface area contributed by atoms with Crippen LogP contribution in [0.15, 0.2) is 12.4 Å². The molecule has 1 aliphatic heterocycles. The predicted molar refractivity (Wildman–Crippen MR) is 98.7 cm³/mol. The summed E-state index contributed by atoms with van der Waals surface area (Å²) in [4.78, 5) is 23.8. The number of aromatic amines is 1. The molecule has 1 fully saturated rings. The Hall–Kier alpha value is -2.97. The highest BCUT2D eigenvalue weighted by atomic mass is 16.5. The minimum Gasteiger partial charge on any atom is -0.495 e. The minimum atomic E-state index is -0.0622. The molecule has 4 rings (SSSR count). The molecule has 0 spiro atoms. The van der Waals surface area contributed by atoms with Gasteiger partial charge in [-0.1, -0.05) is 6.92 Å². The number of piperidine rings is 1. The van der Waals surface area contributed by atoms with Crippen molar-refractivity contribution in [2.45, 2.75) is 32.1 Å². The Morgan fingerprint density at radius 3 is 2.78 bits per heavy atom. The number of aromatic nitrogens is 6. The number of carbonyl (C=O) groups excluding carboxylic acids is 1. The molecule has 1 N–H and O–H groups in total. The monoisotopic (exact) mass is 369 g/mol. The lowest BCUT2D eigenvalue weighted by molar-refractivity contribution is 0.0707. The second-order valence-corrected chi connectivity index (χ2v) is 6.77. The molecule has 0 bridgehead atoms. The number of amides is 1. The average molecular weight is 369 g/mol. The first kappa shape index (κ1) is 17.4. The van der Waals surface area contributed by atoms with E-state index in [0.29, 0.717) is 30.0 Å². The molecule has 1 amide bonds. The smallest absolute Gasteiger partial charge is 0.259 e. The van der Waals surface area contributed by atoms with Gasteiger partial charge in [0.1, 0.15) is 17.1 Å². The van der Waals surface area contributed by atoms with Crippen molar-refractivity contribution < 1.29 is 9.53 Å². The van der Waals surface area contributed by atoms with E-state index in [-0.39, 0.29) is 11.8 Å². The number of H-pyrrole nitrogens is 1. The molecule has 3 aromatic rings. The van der Waals surface area contributed by atoms with Gasteiger partial charge in [-0.05, 0) is 12.8 Å². The Labute approximate surface area is 156 Å². The number of nitrogens with zero attached hydrogens (tertiary/aromatic N) is 6. The molecule has 4 heterocycles. The lowest BCUT2D eigenvalue weighted by Crippen LogP contribution is -2.38. The topological polar surface area (TPSA) is 102 Å². The zero-order valence-electron chi connectivity index (χ0n) is 15.8. The van der Waals surface area contributed by atoms with Crippen LogP contribution in [0.3, 0.4) is 0 Å². The van der Waals surface area contributed by atoms with Crippen LogP contribution in [0, 0.1) is 0 Å². The van der Waals surface area contributed by atoms with E-state index >= 15 is 0 Å². The average Bonchev–Trinajstić information content (AvgIpc) is 3.34. The van der Waals surface area contributed by atoms with Gasteiger partial charge in [0.25, 0.3) is 5.91 Å². The number of aryl methyl sites for hydroxylation is 2. The van der Waals surface area contributed by atoms with Gasteiger partial charge in [0.15, 0.2) is 11.5 Å². The summed E-state index contributed by atoms with van der Waals surface area (Å²) < 4.78 is 7.19. The molecule has 0 radical (unpaired) electrons. The maximum Gasteiger partial charge on any atom is 0.259 e. The molecule has 27 heavy (non-hydrogen) atoms. The van der Waals surface area contributed by atoms with Gasteiger partial charge in [0, 0.05) is 38.7 Å². The third kappa shape index (κ3) is 3.02. The summed E-state index contributed by atoms with van der Waals surface area (Å²) in [5.74, 6) is 2.51. The highest BCUT2D eigenvalue weighted by Crippen LogP contribution is 2.31. The molecular formula is C18H23N7O2.